The van der Waals surface area contributed by atoms with Gasteiger partial charge < -0.3 is 19.4 Å². The number of benzene rings is 1. The van der Waals surface area contributed by atoms with Crippen LogP contribution >= 0.6 is 0 Å². The lowest BCUT2D eigenvalue weighted by Crippen LogP contribution is -2.53. The van der Waals surface area contributed by atoms with E-state index < -0.39 is 17.7 Å². The van der Waals surface area contributed by atoms with Crippen LogP contribution in [0.1, 0.15) is 62.3 Å². The maximum absolute atomic E-state index is 12.4. The number of nitrogens with zero attached hydrogens (tertiary/aromatic N) is 3. The summed E-state index contributed by atoms with van der Waals surface area (Å²) in [5, 5.41) is 0. The van der Waals surface area contributed by atoms with Gasteiger partial charge in [0.05, 0.1) is 23.0 Å². The Kier molecular flexibility index (Phi) is 9.27. The van der Waals surface area contributed by atoms with E-state index in [4.69, 9.17) is 4.74 Å². The van der Waals surface area contributed by atoms with Crippen LogP contribution in [-0.4, -0.2) is 68.6 Å². The van der Waals surface area contributed by atoms with E-state index in [0.29, 0.717) is 31.6 Å². The molecule has 0 saturated heterocycles. The normalized spacial score (nSPS) is 15.3. The van der Waals surface area contributed by atoms with Crippen molar-refractivity contribution >= 4 is 29.7 Å². The smallest absolute Gasteiger partial charge is 0.410 e. The van der Waals surface area contributed by atoms with E-state index in [1.54, 1.807) is 13.1 Å². The van der Waals surface area contributed by atoms with Crippen LogP contribution in [-0.2, 0) is 9.68 Å². The lowest BCUT2D eigenvalue weighted by atomic mass is 10.0. The molecule has 9 heteroatoms. The molecule has 1 atom stereocenters. The molecule has 8 nitrogen and oxygen atoms in total. The summed E-state index contributed by atoms with van der Waals surface area (Å²) < 4.78 is 17.8. The number of ether oxygens (including phenoxy) is 1. The number of fused-ring (bicyclic) bond motifs is 1. The number of carbonyl (C=O) groups is 3. The van der Waals surface area contributed by atoms with Crippen molar-refractivity contribution in [2.45, 2.75) is 53.2 Å². The second-order valence-electron chi connectivity index (χ2n) is 8.09. The van der Waals surface area contributed by atoms with E-state index in [9.17, 15) is 18.9 Å². The predicted octanol–water partition coefficient (Wildman–Crippen LogP) is 4.08. The highest BCUT2D eigenvalue weighted by atomic mass is 19.3. The fraction of sp³-hybridized carbons (Fsp3) is 0.591. The molecule has 0 radical (unpaired) electrons. The number of amides is 1. The van der Waals surface area contributed by atoms with Gasteiger partial charge in [0.25, 0.3) is 0 Å². The minimum absolute atomic E-state index is 0.0411. The molecular weight excluding hydrogens is 405 g/mol. The average molecular weight is 440 g/mol. The minimum atomic E-state index is -1.21. The molecule has 1 aliphatic heterocycles. The molecule has 0 fully saturated rings. The van der Waals surface area contributed by atoms with Crippen LogP contribution in [0, 0.1) is 0 Å². The summed E-state index contributed by atoms with van der Waals surface area (Å²) in [6.45, 7) is 12.9. The first kappa shape index (κ1) is 26.2. The number of hydrogen-bond acceptors (Lipinski definition) is 7. The van der Waals surface area contributed by atoms with E-state index in [2.05, 4.69) is 4.94 Å². The molecule has 1 aromatic rings. The Hall–Kier alpha value is -2.84. The first-order valence-corrected chi connectivity index (χ1v) is 10.4. The number of halogens is 1. The molecule has 0 spiro atoms. The van der Waals surface area contributed by atoms with Crippen molar-refractivity contribution in [3.8, 4) is 0 Å². The van der Waals surface area contributed by atoms with Gasteiger partial charge in [-0.05, 0) is 39.8 Å². The highest BCUT2D eigenvalue weighted by Gasteiger charge is 2.33. The molecule has 0 N–H and O–H groups in total. The van der Waals surface area contributed by atoms with Crippen molar-refractivity contribution < 1.29 is 28.6 Å². The highest BCUT2D eigenvalue weighted by Crippen LogP contribution is 2.37. The molecular formula is C22H34FN3O5. The van der Waals surface area contributed by atoms with E-state index in [1.807, 2.05) is 58.4 Å². The summed E-state index contributed by atoms with van der Waals surface area (Å²) in [7, 11) is 3.51. The van der Waals surface area contributed by atoms with Crippen molar-refractivity contribution in [1.29, 1.82) is 0 Å². The first-order valence-electron chi connectivity index (χ1n) is 10.4. The second kappa shape index (κ2) is 11.0. The lowest BCUT2D eigenvalue weighted by molar-refractivity contribution is -0.0788. The third kappa shape index (κ3) is 6.32. The van der Waals surface area contributed by atoms with Gasteiger partial charge in [-0.25, -0.2) is 14.5 Å². The number of anilines is 2. The van der Waals surface area contributed by atoms with E-state index >= 15 is 0 Å². The van der Waals surface area contributed by atoms with Crippen LogP contribution in [0.2, 0.25) is 0 Å². The molecule has 1 heterocycles. The topological polar surface area (TPSA) is 79.4 Å². The van der Waals surface area contributed by atoms with Crippen molar-refractivity contribution in [3.05, 3.63) is 23.3 Å². The van der Waals surface area contributed by atoms with Gasteiger partial charge in [-0.2, -0.15) is 0 Å². The standard InChI is InChI=1S/C20H28FN3O5.C2H6/c1-7-24-14(11-23(6)19(27)28-20(2,3)4)10-22(5)16-9-15(18(26)29-21)13(12-25)8-17(16)24;1-2/h8-9,12,14H,7,10-11H2,1-6H3;1-2H3. The van der Waals surface area contributed by atoms with Gasteiger partial charge in [0.2, 0.25) is 0 Å². The molecule has 1 amide bonds. The van der Waals surface area contributed by atoms with Crippen LogP contribution in [0.5, 0.6) is 0 Å². The summed E-state index contributed by atoms with van der Waals surface area (Å²) in [6, 6.07) is 2.93. The zero-order valence-electron chi connectivity index (χ0n) is 19.7. The predicted molar refractivity (Wildman–Crippen MR) is 119 cm³/mol. The van der Waals surface area contributed by atoms with Crippen molar-refractivity contribution in [2.75, 3.05) is 43.5 Å². The van der Waals surface area contributed by atoms with Gasteiger partial charge in [-0.3, -0.25) is 4.79 Å². The van der Waals surface area contributed by atoms with Crippen LogP contribution in [0.25, 0.3) is 0 Å². The maximum Gasteiger partial charge on any atom is 0.410 e. The number of likely N-dealkylation sites (N-methyl/N-ethyl adjacent to an activating group) is 3. The number of rotatable bonds is 5. The molecule has 1 aliphatic rings. The molecule has 0 aromatic heterocycles. The second-order valence-corrected chi connectivity index (χ2v) is 8.09. The Bertz CT molecular complexity index is 794. The van der Waals surface area contributed by atoms with Gasteiger partial charge in [0.1, 0.15) is 5.60 Å². The van der Waals surface area contributed by atoms with Gasteiger partial charge in [-0.15, -0.1) is 0 Å². The molecule has 0 bridgehead atoms. The first-order chi connectivity index (χ1) is 14.5. The molecule has 0 saturated carbocycles. The van der Waals surface area contributed by atoms with Crippen LogP contribution in [0.15, 0.2) is 12.1 Å². The summed E-state index contributed by atoms with van der Waals surface area (Å²) in [4.78, 5) is 44.3. The molecule has 0 aliphatic carbocycles. The zero-order chi connectivity index (χ0) is 23.9. The SMILES string of the molecule is CC.CCN1c2cc(C=O)c(C(=O)OF)cc2N(C)CC1CN(C)C(=O)OC(C)(C)C. The zero-order valence-corrected chi connectivity index (χ0v) is 19.7. The van der Waals surface area contributed by atoms with Crippen LogP contribution in [0.3, 0.4) is 0 Å². The Labute approximate surface area is 183 Å². The highest BCUT2D eigenvalue weighted by molar-refractivity contribution is 6.01. The summed E-state index contributed by atoms with van der Waals surface area (Å²) in [6.07, 6.45) is 0.0770. The van der Waals surface area contributed by atoms with Gasteiger partial charge in [-0.1, -0.05) is 13.8 Å². The van der Waals surface area contributed by atoms with Gasteiger partial charge in [0, 0.05) is 43.8 Å². The van der Waals surface area contributed by atoms with Crippen molar-refractivity contribution in [2.24, 2.45) is 0 Å². The number of aldehydes is 1. The molecule has 1 aromatic carbocycles. The van der Waals surface area contributed by atoms with Crippen LogP contribution in [0.4, 0.5) is 20.7 Å². The summed E-state index contributed by atoms with van der Waals surface area (Å²) in [5.41, 5.74) is 0.717. The van der Waals surface area contributed by atoms with Crippen LogP contribution < -0.4 is 9.80 Å². The Morgan fingerprint density at radius 1 is 1.26 bits per heavy atom. The lowest BCUT2D eigenvalue weighted by Gasteiger charge is -2.44. The number of hydrogen-bond donors (Lipinski definition) is 0. The molecule has 174 valence electrons. The monoisotopic (exact) mass is 439 g/mol. The largest absolute Gasteiger partial charge is 0.444 e. The fourth-order valence-electron chi connectivity index (χ4n) is 3.47. The van der Waals surface area contributed by atoms with E-state index in [0.717, 1.165) is 5.69 Å². The fourth-order valence-corrected chi connectivity index (χ4v) is 3.47. The molecule has 2 rings (SSSR count). The minimum Gasteiger partial charge on any atom is -0.444 e. The Morgan fingerprint density at radius 2 is 1.87 bits per heavy atom. The van der Waals surface area contributed by atoms with Crippen molar-refractivity contribution in [1.82, 2.24) is 4.90 Å². The summed E-state index contributed by atoms with van der Waals surface area (Å²) in [5.74, 6) is -1.21. The van der Waals surface area contributed by atoms with E-state index in [1.165, 1.54) is 11.0 Å². The third-order valence-electron chi connectivity index (χ3n) is 4.74. The summed E-state index contributed by atoms with van der Waals surface area (Å²) >= 11 is 0. The van der Waals surface area contributed by atoms with Gasteiger partial charge in [0.15, 0.2) is 6.29 Å². The number of carbonyl (C=O) groups excluding carboxylic acids is 3. The van der Waals surface area contributed by atoms with E-state index in [-0.39, 0.29) is 17.2 Å². The molecule has 31 heavy (non-hydrogen) atoms. The third-order valence-corrected chi connectivity index (χ3v) is 4.74. The Morgan fingerprint density at radius 3 is 2.35 bits per heavy atom. The maximum atomic E-state index is 12.4. The quantitative estimate of drug-likeness (QED) is 0.640. The molecule has 1 unspecified atom stereocenters. The van der Waals surface area contributed by atoms with Gasteiger partial charge >= 0.3 is 12.1 Å². The average Bonchev–Trinajstić information content (AvgIpc) is 2.72. The van der Waals surface area contributed by atoms with Crippen molar-refractivity contribution in [3.63, 3.8) is 0 Å². The Balaban J connectivity index is 0.00000233.